The van der Waals surface area contributed by atoms with Crippen molar-refractivity contribution in [1.82, 2.24) is 4.90 Å². The van der Waals surface area contributed by atoms with Gasteiger partial charge in [0.15, 0.2) is 0 Å². The van der Waals surface area contributed by atoms with Gasteiger partial charge in [0.2, 0.25) is 0 Å². The van der Waals surface area contributed by atoms with Gasteiger partial charge in [0.1, 0.15) is 6.29 Å². The highest BCUT2D eigenvalue weighted by Crippen LogP contribution is 2.14. The smallest absolute Gasteiger partial charge is 0.142 e. The van der Waals surface area contributed by atoms with E-state index >= 15 is 0 Å². The molecule has 1 atom stereocenters. The molecule has 1 fully saturated rings. The number of nitrogens with one attached hydrogen (secondary N) is 1. The van der Waals surface area contributed by atoms with Crippen LogP contribution in [0.5, 0.6) is 0 Å². The highest BCUT2D eigenvalue weighted by atomic mass is 16.1. The molecule has 0 aromatic rings. The molecule has 0 bridgehead atoms. The van der Waals surface area contributed by atoms with Gasteiger partial charge < -0.3 is 9.69 Å². The zero-order valence-corrected chi connectivity index (χ0v) is 6.13. The van der Waals surface area contributed by atoms with Gasteiger partial charge >= 0.3 is 0 Å². The zero-order chi connectivity index (χ0) is 7.56. The summed E-state index contributed by atoms with van der Waals surface area (Å²) in [6.07, 6.45) is 2.89. The summed E-state index contributed by atoms with van der Waals surface area (Å²) in [5.41, 5.74) is 0. The van der Waals surface area contributed by atoms with Crippen LogP contribution >= 0.6 is 0 Å². The van der Waals surface area contributed by atoms with E-state index in [-0.39, 0.29) is 6.04 Å². The maximum absolute atomic E-state index is 10.4. The summed E-state index contributed by atoms with van der Waals surface area (Å²) in [6, 6.07) is -0.0162. The molecule has 1 unspecified atom stereocenters. The standard InChI is InChI=1S/C7H12N2O/c1-6(8)9-4-2-3-7(9)5-10/h5,7-8H,2-4H2,1H3. The number of carbonyl (C=O) groups is 1. The van der Waals surface area contributed by atoms with Crippen LogP contribution in [0.1, 0.15) is 19.8 Å². The fourth-order valence-corrected chi connectivity index (χ4v) is 1.35. The Morgan fingerprint density at radius 3 is 2.90 bits per heavy atom. The Hall–Kier alpha value is -0.860. The van der Waals surface area contributed by atoms with Gasteiger partial charge in [0, 0.05) is 6.54 Å². The van der Waals surface area contributed by atoms with Gasteiger partial charge in [-0.25, -0.2) is 0 Å². The largest absolute Gasteiger partial charge is 0.351 e. The molecule has 0 aromatic carbocycles. The molecule has 56 valence electrons. The summed E-state index contributed by atoms with van der Waals surface area (Å²) < 4.78 is 0. The van der Waals surface area contributed by atoms with E-state index in [1.807, 2.05) is 4.90 Å². The number of likely N-dealkylation sites (tertiary alicyclic amines) is 1. The van der Waals surface area contributed by atoms with Crippen molar-refractivity contribution in [2.45, 2.75) is 25.8 Å². The third kappa shape index (κ3) is 1.17. The molecule has 0 aromatic heterocycles. The molecule has 0 saturated carbocycles. The molecule has 1 aliphatic rings. The zero-order valence-electron chi connectivity index (χ0n) is 6.13. The number of aldehydes is 1. The summed E-state index contributed by atoms with van der Waals surface area (Å²) in [7, 11) is 0. The number of carbonyl (C=O) groups excluding carboxylic acids is 1. The van der Waals surface area contributed by atoms with Crippen molar-refractivity contribution < 1.29 is 4.79 Å². The summed E-state index contributed by atoms with van der Waals surface area (Å²) >= 11 is 0. The second-order valence-electron chi connectivity index (χ2n) is 2.62. The molecule has 3 heteroatoms. The minimum Gasteiger partial charge on any atom is -0.351 e. The quantitative estimate of drug-likeness (QED) is 0.330. The molecule has 1 heterocycles. The van der Waals surface area contributed by atoms with Crippen LogP contribution in [-0.4, -0.2) is 29.6 Å². The van der Waals surface area contributed by atoms with E-state index in [2.05, 4.69) is 0 Å². The van der Waals surface area contributed by atoms with E-state index in [0.29, 0.717) is 5.84 Å². The summed E-state index contributed by atoms with van der Waals surface area (Å²) in [4.78, 5) is 12.2. The molecule has 1 saturated heterocycles. The van der Waals surface area contributed by atoms with Crippen LogP contribution in [-0.2, 0) is 4.79 Å². The molecule has 3 nitrogen and oxygen atoms in total. The molecular weight excluding hydrogens is 128 g/mol. The van der Waals surface area contributed by atoms with Gasteiger partial charge in [0.05, 0.1) is 11.9 Å². The van der Waals surface area contributed by atoms with Gasteiger partial charge in [-0.1, -0.05) is 0 Å². The van der Waals surface area contributed by atoms with E-state index in [9.17, 15) is 4.79 Å². The highest BCUT2D eigenvalue weighted by molar-refractivity contribution is 5.80. The number of nitrogens with zero attached hydrogens (tertiary/aromatic N) is 1. The molecule has 1 N–H and O–H groups in total. The van der Waals surface area contributed by atoms with Gasteiger partial charge in [-0.05, 0) is 19.8 Å². The fraction of sp³-hybridized carbons (Fsp3) is 0.714. The van der Waals surface area contributed by atoms with Crippen LogP contribution in [0.25, 0.3) is 0 Å². The van der Waals surface area contributed by atoms with Crippen molar-refractivity contribution in [2.75, 3.05) is 6.54 Å². The third-order valence-corrected chi connectivity index (χ3v) is 1.89. The van der Waals surface area contributed by atoms with Crippen molar-refractivity contribution in [3.8, 4) is 0 Å². The van der Waals surface area contributed by atoms with E-state index in [1.54, 1.807) is 6.92 Å². The lowest BCUT2D eigenvalue weighted by Crippen LogP contribution is -2.33. The number of rotatable bonds is 1. The Morgan fingerprint density at radius 2 is 2.50 bits per heavy atom. The van der Waals surface area contributed by atoms with Crippen LogP contribution in [0.15, 0.2) is 0 Å². The van der Waals surface area contributed by atoms with Gasteiger partial charge in [-0.15, -0.1) is 0 Å². The molecule has 0 spiro atoms. The topological polar surface area (TPSA) is 44.2 Å². The van der Waals surface area contributed by atoms with Gasteiger partial charge in [-0.3, -0.25) is 5.41 Å². The van der Waals surface area contributed by atoms with Crippen LogP contribution in [0.3, 0.4) is 0 Å². The lowest BCUT2D eigenvalue weighted by molar-refractivity contribution is -0.110. The van der Waals surface area contributed by atoms with E-state index < -0.39 is 0 Å². The van der Waals surface area contributed by atoms with Crippen molar-refractivity contribution in [3.63, 3.8) is 0 Å². The Bertz CT molecular complexity index is 156. The average molecular weight is 140 g/mol. The molecule has 1 rings (SSSR count). The Labute approximate surface area is 60.5 Å². The fourth-order valence-electron chi connectivity index (χ4n) is 1.35. The molecule has 10 heavy (non-hydrogen) atoms. The first-order chi connectivity index (χ1) is 4.75. The first-order valence-corrected chi connectivity index (χ1v) is 3.53. The third-order valence-electron chi connectivity index (χ3n) is 1.89. The minimum absolute atomic E-state index is 0.0162. The van der Waals surface area contributed by atoms with Crippen LogP contribution < -0.4 is 0 Å². The molecule has 0 amide bonds. The molecule has 1 aliphatic heterocycles. The minimum atomic E-state index is -0.0162. The Balaban J connectivity index is 2.58. The van der Waals surface area contributed by atoms with Crippen molar-refractivity contribution in [1.29, 1.82) is 5.41 Å². The number of amidine groups is 1. The Kier molecular flexibility index (Phi) is 2.04. The van der Waals surface area contributed by atoms with Crippen molar-refractivity contribution >= 4 is 12.1 Å². The first-order valence-electron chi connectivity index (χ1n) is 3.53. The van der Waals surface area contributed by atoms with Crippen LogP contribution in [0.4, 0.5) is 0 Å². The summed E-state index contributed by atoms with van der Waals surface area (Å²) in [6.45, 7) is 2.60. The normalized spacial score (nSPS) is 24.9. The lowest BCUT2D eigenvalue weighted by atomic mass is 10.2. The summed E-state index contributed by atoms with van der Waals surface area (Å²) in [5.74, 6) is 0.509. The van der Waals surface area contributed by atoms with Gasteiger partial charge in [-0.2, -0.15) is 0 Å². The maximum Gasteiger partial charge on any atom is 0.142 e. The SMILES string of the molecule is CC(=N)N1CCCC1C=O. The maximum atomic E-state index is 10.4. The lowest BCUT2D eigenvalue weighted by Gasteiger charge is -2.20. The first kappa shape index (κ1) is 7.25. The van der Waals surface area contributed by atoms with Crippen LogP contribution in [0.2, 0.25) is 0 Å². The summed E-state index contributed by atoms with van der Waals surface area (Å²) in [5, 5.41) is 7.29. The predicted octanol–water partition coefficient (Wildman–Crippen LogP) is 0.647. The van der Waals surface area contributed by atoms with Crippen molar-refractivity contribution in [3.05, 3.63) is 0 Å². The Morgan fingerprint density at radius 1 is 1.80 bits per heavy atom. The molecule has 0 aliphatic carbocycles. The van der Waals surface area contributed by atoms with E-state index in [0.717, 1.165) is 25.7 Å². The highest BCUT2D eigenvalue weighted by Gasteiger charge is 2.23. The van der Waals surface area contributed by atoms with Crippen molar-refractivity contribution in [2.24, 2.45) is 0 Å². The molecular formula is C7H12N2O. The number of hydrogen-bond donors (Lipinski definition) is 1. The van der Waals surface area contributed by atoms with E-state index in [1.165, 1.54) is 0 Å². The predicted molar refractivity (Wildman–Crippen MR) is 39.2 cm³/mol. The average Bonchev–Trinajstić information content (AvgIpc) is 2.33. The molecule has 0 radical (unpaired) electrons. The second-order valence-corrected chi connectivity index (χ2v) is 2.62. The van der Waals surface area contributed by atoms with Gasteiger partial charge in [0.25, 0.3) is 0 Å². The van der Waals surface area contributed by atoms with E-state index in [4.69, 9.17) is 5.41 Å². The number of hydrogen-bond acceptors (Lipinski definition) is 2. The monoisotopic (exact) mass is 140 g/mol. The van der Waals surface area contributed by atoms with Crippen LogP contribution in [0, 0.1) is 5.41 Å². The second kappa shape index (κ2) is 2.82.